The van der Waals surface area contributed by atoms with E-state index in [4.69, 9.17) is 4.42 Å². The van der Waals surface area contributed by atoms with Crippen LogP contribution in [0.25, 0.3) is 17.4 Å². The van der Waals surface area contributed by atoms with Gasteiger partial charge in [0.25, 0.3) is 5.69 Å². The molecule has 0 saturated heterocycles. The maximum atomic E-state index is 12.1. The van der Waals surface area contributed by atoms with Gasteiger partial charge in [0.1, 0.15) is 17.6 Å². The quantitative estimate of drug-likeness (QED) is 0.334. The molecule has 0 unspecified atom stereocenters. The summed E-state index contributed by atoms with van der Waals surface area (Å²) in [6.07, 6.45) is 2.68. The van der Waals surface area contributed by atoms with Crippen LogP contribution < -0.4 is 5.32 Å². The van der Waals surface area contributed by atoms with Crippen molar-refractivity contribution in [2.45, 2.75) is 12.5 Å². The molecule has 0 bridgehead atoms. The molecule has 0 aliphatic carbocycles. The summed E-state index contributed by atoms with van der Waals surface area (Å²) in [6, 6.07) is 17.2. The van der Waals surface area contributed by atoms with Crippen molar-refractivity contribution < 1.29 is 24.0 Å². The second kappa shape index (κ2) is 9.33. The third-order valence-electron chi connectivity index (χ3n) is 4.29. The van der Waals surface area contributed by atoms with Crippen molar-refractivity contribution in [3.8, 4) is 11.3 Å². The van der Waals surface area contributed by atoms with E-state index in [1.807, 2.05) is 6.07 Å². The number of amides is 1. The fourth-order valence-corrected chi connectivity index (χ4v) is 2.86. The number of nitrogens with zero attached hydrogens (tertiary/aromatic N) is 1. The highest BCUT2D eigenvalue weighted by Crippen LogP contribution is 2.31. The summed E-state index contributed by atoms with van der Waals surface area (Å²) in [7, 11) is 0. The number of carbonyl (C=O) groups is 2. The highest BCUT2D eigenvalue weighted by atomic mass is 16.6. The van der Waals surface area contributed by atoms with Crippen LogP contribution in [0.4, 0.5) is 5.69 Å². The van der Waals surface area contributed by atoms with Crippen LogP contribution in [0.1, 0.15) is 11.3 Å². The zero-order valence-corrected chi connectivity index (χ0v) is 15.7. The maximum Gasteiger partial charge on any atom is 0.326 e. The molecule has 2 N–H and O–H groups in total. The summed E-state index contributed by atoms with van der Waals surface area (Å²) in [5.74, 6) is -1.15. The zero-order chi connectivity index (χ0) is 21.5. The highest BCUT2D eigenvalue weighted by molar-refractivity contribution is 5.94. The fraction of sp³-hybridized carbons (Fsp3) is 0.0909. The molecule has 30 heavy (non-hydrogen) atoms. The van der Waals surface area contributed by atoms with Crippen molar-refractivity contribution in [2.75, 3.05) is 0 Å². The predicted molar refractivity (Wildman–Crippen MR) is 110 cm³/mol. The normalized spacial score (nSPS) is 11.9. The minimum atomic E-state index is -1.14. The summed E-state index contributed by atoms with van der Waals surface area (Å²) in [5.41, 5.74) is 1.01. The highest BCUT2D eigenvalue weighted by Gasteiger charge is 2.20. The molecule has 1 amide bonds. The van der Waals surface area contributed by atoms with Crippen molar-refractivity contribution in [3.05, 3.63) is 94.2 Å². The molecular formula is C22H18N2O6. The lowest BCUT2D eigenvalue weighted by Crippen LogP contribution is -2.41. The molecule has 0 aliphatic heterocycles. The summed E-state index contributed by atoms with van der Waals surface area (Å²) >= 11 is 0. The molecule has 3 aromatic rings. The van der Waals surface area contributed by atoms with Crippen LogP contribution in [-0.4, -0.2) is 27.9 Å². The molecule has 3 rings (SSSR count). The number of aliphatic carboxylic acids is 1. The van der Waals surface area contributed by atoms with Crippen molar-refractivity contribution in [1.29, 1.82) is 0 Å². The number of hydrogen-bond donors (Lipinski definition) is 2. The van der Waals surface area contributed by atoms with Gasteiger partial charge in [-0.25, -0.2) is 4.79 Å². The molecule has 0 aliphatic rings. The van der Waals surface area contributed by atoms with Gasteiger partial charge in [-0.1, -0.05) is 42.5 Å². The lowest BCUT2D eigenvalue weighted by atomic mass is 10.1. The van der Waals surface area contributed by atoms with E-state index in [1.54, 1.807) is 54.6 Å². The van der Waals surface area contributed by atoms with Crippen LogP contribution >= 0.6 is 0 Å². The molecule has 152 valence electrons. The minimum Gasteiger partial charge on any atom is -0.480 e. The number of carboxylic acid groups (broad SMARTS) is 1. The van der Waals surface area contributed by atoms with Gasteiger partial charge in [0.15, 0.2) is 0 Å². The molecule has 2 aromatic carbocycles. The SMILES string of the molecule is O=C(/C=C/c1ccc(-c2ccccc2[N+](=O)[O-])o1)N[C@H](Cc1ccccc1)C(=O)O. The molecule has 0 fully saturated rings. The van der Waals surface area contributed by atoms with E-state index < -0.39 is 22.8 Å². The Morgan fingerprint density at radius 2 is 1.77 bits per heavy atom. The topological polar surface area (TPSA) is 123 Å². The first-order valence-corrected chi connectivity index (χ1v) is 9.03. The number of nitro groups is 1. The number of rotatable bonds is 8. The monoisotopic (exact) mass is 406 g/mol. The predicted octanol–water partition coefficient (Wildman–Crippen LogP) is 3.68. The van der Waals surface area contributed by atoms with E-state index in [0.717, 1.165) is 11.6 Å². The molecule has 0 spiro atoms. The van der Waals surface area contributed by atoms with E-state index >= 15 is 0 Å². The van der Waals surface area contributed by atoms with Crippen molar-refractivity contribution in [2.24, 2.45) is 0 Å². The molecule has 1 aromatic heterocycles. The molecule has 0 radical (unpaired) electrons. The fourth-order valence-electron chi connectivity index (χ4n) is 2.86. The summed E-state index contributed by atoms with van der Waals surface area (Å²) in [6.45, 7) is 0. The third-order valence-corrected chi connectivity index (χ3v) is 4.29. The molecule has 1 heterocycles. The van der Waals surface area contributed by atoms with Crippen molar-refractivity contribution >= 4 is 23.6 Å². The number of carboxylic acids is 1. The molecule has 8 heteroatoms. The van der Waals surface area contributed by atoms with E-state index in [0.29, 0.717) is 11.3 Å². The van der Waals surface area contributed by atoms with Gasteiger partial charge in [0.05, 0.1) is 10.5 Å². The average Bonchev–Trinajstić information content (AvgIpc) is 3.21. The van der Waals surface area contributed by atoms with Gasteiger partial charge in [0.2, 0.25) is 5.91 Å². The van der Waals surface area contributed by atoms with E-state index in [2.05, 4.69) is 5.32 Å². The van der Waals surface area contributed by atoms with Gasteiger partial charge in [-0.3, -0.25) is 14.9 Å². The minimum absolute atomic E-state index is 0.0923. The van der Waals surface area contributed by atoms with Crippen LogP contribution in [0.5, 0.6) is 0 Å². The van der Waals surface area contributed by atoms with Crippen molar-refractivity contribution in [1.82, 2.24) is 5.32 Å². The number of benzene rings is 2. The van der Waals surface area contributed by atoms with Gasteiger partial charge < -0.3 is 14.8 Å². The Labute approximate surface area is 171 Å². The summed E-state index contributed by atoms with van der Waals surface area (Å²) < 4.78 is 5.57. The Kier molecular flexibility index (Phi) is 6.39. The first kappa shape index (κ1) is 20.5. The van der Waals surface area contributed by atoms with Crippen LogP contribution in [-0.2, 0) is 16.0 Å². The number of para-hydroxylation sites is 1. The largest absolute Gasteiger partial charge is 0.480 e. The Hall–Kier alpha value is -4.20. The van der Waals surface area contributed by atoms with E-state index in [9.17, 15) is 24.8 Å². The van der Waals surface area contributed by atoms with Gasteiger partial charge in [-0.15, -0.1) is 0 Å². The summed E-state index contributed by atoms with van der Waals surface area (Å²) in [4.78, 5) is 34.3. The zero-order valence-electron chi connectivity index (χ0n) is 15.7. The van der Waals surface area contributed by atoms with Gasteiger partial charge >= 0.3 is 5.97 Å². The lowest BCUT2D eigenvalue weighted by molar-refractivity contribution is -0.384. The number of furan rings is 1. The Morgan fingerprint density at radius 3 is 2.47 bits per heavy atom. The van der Waals surface area contributed by atoms with Crippen LogP contribution in [0.3, 0.4) is 0 Å². The van der Waals surface area contributed by atoms with E-state index in [1.165, 1.54) is 12.1 Å². The number of nitro benzene ring substituents is 1. The number of hydrogen-bond acceptors (Lipinski definition) is 5. The van der Waals surface area contributed by atoms with Crippen LogP contribution in [0, 0.1) is 10.1 Å². The van der Waals surface area contributed by atoms with Gasteiger partial charge in [-0.05, 0) is 29.8 Å². The molecule has 8 nitrogen and oxygen atoms in total. The van der Waals surface area contributed by atoms with Gasteiger partial charge in [-0.2, -0.15) is 0 Å². The average molecular weight is 406 g/mol. The Balaban J connectivity index is 1.68. The second-order valence-electron chi connectivity index (χ2n) is 6.40. The molecule has 0 saturated carbocycles. The number of nitrogens with one attached hydrogen (secondary N) is 1. The standard InChI is InChI=1S/C22H18N2O6/c25-21(23-18(22(26)27)14-15-6-2-1-3-7-15)13-11-16-10-12-20(30-16)17-8-4-5-9-19(17)24(28)29/h1-13,18H,14H2,(H,23,25)(H,26,27)/b13-11+/t18-/m1/s1. The lowest BCUT2D eigenvalue weighted by Gasteiger charge is -2.13. The van der Waals surface area contributed by atoms with Crippen molar-refractivity contribution in [3.63, 3.8) is 0 Å². The second-order valence-corrected chi connectivity index (χ2v) is 6.40. The van der Waals surface area contributed by atoms with Gasteiger partial charge in [0, 0.05) is 18.6 Å². The molecular weight excluding hydrogens is 388 g/mol. The Morgan fingerprint density at radius 1 is 1.07 bits per heavy atom. The van der Waals surface area contributed by atoms with E-state index in [-0.39, 0.29) is 17.9 Å². The van der Waals surface area contributed by atoms with Crippen LogP contribution in [0.15, 0.2) is 77.2 Å². The third kappa shape index (κ3) is 5.20. The smallest absolute Gasteiger partial charge is 0.326 e. The first-order chi connectivity index (χ1) is 14.4. The number of carbonyl (C=O) groups excluding carboxylic acids is 1. The van der Waals surface area contributed by atoms with Crippen LogP contribution in [0.2, 0.25) is 0 Å². The maximum absolute atomic E-state index is 12.1. The Bertz CT molecular complexity index is 1090. The first-order valence-electron chi connectivity index (χ1n) is 9.03. The molecule has 1 atom stereocenters. The summed E-state index contributed by atoms with van der Waals surface area (Å²) in [5, 5.41) is 23.0.